The van der Waals surface area contributed by atoms with E-state index in [1.165, 1.54) is 0 Å². The van der Waals surface area contributed by atoms with Gasteiger partial charge in [0, 0.05) is 36.4 Å². The van der Waals surface area contributed by atoms with Crippen LogP contribution in [0.1, 0.15) is 12.0 Å². The van der Waals surface area contributed by atoms with E-state index in [0.717, 1.165) is 22.2 Å². The molecule has 0 amide bonds. The van der Waals surface area contributed by atoms with Crippen LogP contribution in [0, 0.1) is 12.8 Å². The fraction of sp³-hybridized carbons (Fsp3) is 0.438. The number of piperidine rings is 1. The Bertz CT molecular complexity index is 669. The maximum Gasteiger partial charge on any atom is 0.393 e. The fourth-order valence-corrected chi connectivity index (χ4v) is 2.96. The zero-order chi connectivity index (χ0) is 15.7. The lowest BCUT2D eigenvalue weighted by Gasteiger charge is -2.32. The zero-order valence-corrected chi connectivity index (χ0v) is 12.2. The third-order valence-electron chi connectivity index (χ3n) is 4.14. The molecule has 0 saturated carbocycles. The summed E-state index contributed by atoms with van der Waals surface area (Å²) in [5.74, 6) is -1.30. The van der Waals surface area contributed by atoms with Gasteiger partial charge in [-0.15, -0.1) is 0 Å². The molecule has 1 aliphatic heterocycles. The Morgan fingerprint density at radius 1 is 1.23 bits per heavy atom. The number of anilines is 1. The molecule has 2 atom stereocenters. The molecule has 2 N–H and O–H groups in total. The molecular weight excluding hydrogens is 291 g/mol. The average molecular weight is 309 g/mol. The summed E-state index contributed by atoms with van der Waals surface area (Å²) >= 11 is 0. The van der Waals surface area contributed by atoms with Crippen LogP contribution < -0.4 is 10.6 Å². The van der Waals surface area contributed by atoms with Crippen molar-refractivity contribution in [2.75, 3.05) is 18.4 Å². The highest BCUT2D eigenvalue weighted by molar-refractivity contribution is 5.93. The van der Waals surface area contributed by atoms with Gasteiger partial charge in [-0.25, -0.2) is 0 Å². The van der Waals surface area contributed by atoms with Crippen LogP contribution in [-0.2, 0) is 0 Å². The Hall–Kier alpha value is -1.82. The van der Waals surface area contributed by atoms with Gasteiger partial charge >= 0.3 is 6.18 Å². The van der Waals surface area contributed by atoms with Crippen molar-refractivity contribution in [2.45, 2.75) is 25.6 Å². The highest BCUT2D eigenvalue weighted by Gasteiger charge is 2.42. The number of hydrogen-bond acceptors (Lipinski definition) is 3. The van der Waals surface area contributed by atoms with Crippen molar-refractivity contribution in [1.82, 2.24) is 10.3 Å². The van der Waals surface area contributed by atoms with Crippen molar-refractivity contribution in [3.05, 3.63) is 36.0 Å². The molecular formula is C16H18F3N3. The standard InChI is InChI=1S/C16H18F3N3/c1-10-4-5-14(13-3-2-6-21-15(10)13)22-12-7-11(8-20-9-12)16(17,18)19/h2-6,11-12,20,22H,7-9H2,1H3/t11-,12+/m0/s1. The number of rotatable bonds is 2. The molecule has 1 aliphatic rings. The van der Waals surface area contributed by atoms with Crippen molar-refractivity contribution in [3.8, 4) is 0 Å². The number of halogens is 3. The van der Waals surface area contributed by atoms with Gasteiger partial charge in [0.25, 0.3) is 0 Å². The summed E-state index contributed by atoms with van der Waals surface area (Å²) < 4.78 is 38.6. The monoisotopic (exact) mass is 309 g/mol. The van der Waals surface area contributed by atoms with E-state index in [9.17, 15) is 13.2 Å². The van der Waals surface area contributed by atoms with Gasteiger partial charge in [-0.1, -0.05) is 6.07 Å². The second-order valence-corrected chi connectivity index (χ2v) is 5.80. The molecule has 3 nitrogen and oxygen atoms in total. The molecule has 1 aromatic heterocycles. The molecule has 1 aromatic carbocycles. The van der Waals surface area contributed by atoms with E-state index in [1.54, 1.807) is 6.20 Å². The molecule has 0 bridgehead atoms. The molecule has 0 radical (unpaired) electrons. The summed E-state index contributed by atoms with van der Waals surface area (Å²) in [6.45, 7) is 2.50. The summed E-state index contributed by atoms with van der Waals surface area (Å²) in [6.07, 6.45) is -2.34. The molecule has 0 aliphatic carbocycles. The zero-order valence-electron chi connectivity index (χ0n) is 12.2. The highest BCUT2D eigenvalue weighted by Crippen LogP contribution is 2.32. The number of benzene rings is 1. The number of nitrogens with zero attached hydrogens (tertiary/aromatic N) is 1. The number of hydrogen-bond donors (Lipinski definition) is 2. The van der Waals surface area contributed by atoms with Crippen LogP contribution in [0.25, 0.3) is 10.9 Å². The van der Waals surface area contributed by atoms with Gasteiger partial charge in [-0.2, -0.15) is 13.2 Å². The van der Waals surface area contributed by atoms with Gasteiger partial charge in [0.1, 0.15) is 0 Å². The van der Waals surface area contributed by atoms with Crippen LogP contribution in [0.3, 0.4) is 0 Å². The van der Waals surface area contributed by atoms with E-state index in [-0.39, 0.29) is 19.0 Å². The predicted molar refractivity (Wildman–Crippen MR) is 80.9 cm³/mol. The van der Waals surface area contributed by atoms with Crippen molar-refractivity contribution in [2.24, 2.45) is 5.92 Å². The Balaban J connectivity index is 1.83. The number of alkyl halides is 3. The van der Waals surface area contributed by atoms with Crippen molar-refractivity contribution in [1.29, 1.82) is 0 Å². The molecule has 6 heteroatoms. The first-order chi connectivity index (χ1) is 10.4. The Morgan fingerprint density at radius 2 is 2.05 bits per heavy atom. The van der Waals surface area contributed by atoms with E-state index in [4.69, 9.17) is 0 Å². The summed E-state index contributed by atoms with van der Waals surface area (Å²) in [6, 6.07) is 7.39. The third kappa shape index (κ3) is 3.02. The van der Waals surface area contributed by atoms with Crippen LogP contribution >= 0.6 is 0 Å². The Labute approximate surface area is 126 Å². The van der Waals surface area contributed by atoms with Crippen molar-refractivity contribution >= 4 is 16.6 Å². The number of nitrogens with one attached hydrogen (secondary N) is 2. The predicted octanol–water partition coefficient (Wildman–Crippen LogP) is 3.50. The van der Waals surface area contributed by atoms with Gasteiger partial charge in [-0.3, -0.25) is 4.98 Å². The van der Waals surface area contributed by atoms with Crippen LogP contribution in [0.4, 0.5) is 18.9 Å². The molecule has 1 fully saturated rings. The normalized spacial score (nSPS) is 22.7. The smallest absolute Gasteiger partial charge is 0.380 e. The summed E-state index contributed by atoms with van der Waals surface area (Å²) in [5.41, 5.74) is 2.77. The van der Waals surface area contributed by atoms with Gasteiger partial charge < -0.3 is 10.6 Å². The molecule has 2 heterocycles. The highest BCUT2D eigenvalue weighted by atomic mass is 19.4. The molecule has 118 valence electrons. The second kappa shape index (κ2) is 5.76. The number of fused-ring (bicyclic) bond motifs is 1. The van der Waals surface area contributed by atoms with E-state index < -0.39 is 12.1 Å². The van der Waals surface area contributed by atoms with E-state index in [2.05, 4.69) is 15.6 Å². The maximum absolute atomic E-state index is 12.9. The van der Waals surface area contributed by atoms with E-state index in [0.29, 0.717) is 6.54 Å². The van der Waals surface area contributed by atoms with Crippen LogP contribution in [0.5, 0.6) is 0 Å². The summed E-state index contributed by atoms with van der Waals surface area (Å²) in [4.78, 5) is 4.35. The number of aryl methyl sites for hydroxylation is 1. The van der Waals surface area contributed by atoms with E-state index >= 15 is 0 Å². The lowest BCUT2D eigenvalue weighted by atomic mass is 9.94. The van der Waals surface area contributed by atoms with Crippen LogP contribution in [-0.4, -0.2) is 30.3 Å². The molecule has 1 saturated heterocycles. The van der Waals surface area contributed by atoms with Crippen LogP contribution in [0.15, 0.2) is 30.5 Å². The molecule has 3 rings (SSSR count). The molecule has 0 spiro atoms. The SMILES string of the molecule is Cc1ccc(N[C@H]2CNC[C@@H](C(F)(F)F)C2)c2cccnc12. The lowest BCUT2D eigenvalue weighted by molar-refractivity contribution is -0.178. The molecule has 2 aromatic rings. The largest absolute Gasteiger partial charge is 0.393 e. The van der Waals surface area contributed by atoms with Gasteiger partial charge in [-0.05, 0) is 37.1 Å². The van der Waals surface area contributed by atoms with Crippen molar-refractivity contribution in [3.63, 3.8) is 0 Å². The number of aromatic nitrogens is 1. The van der Waals surface area contributed by atoms with Gasteiger partial charge in [0.05, 0.1) is 11.4 Å². The van der Waals surface area contributed by atoms with Crippen LogP contribution in [0.2, 0.25) is 0 Å². The van der Waals surface area contributed by atoms with Crippen molar-refractivity contribution < 1.29 is 13.2 Å². The minimum Gasteiger partial charge on any atom is -0.380 e. The average Bonchev–Trinajstić information content (AvgIpc) is 2.50. The van der Waals surface area contributed by atoms with Gasteiger partial charge in [0.2, 0.25) is 0 Å². The van der Waals surface area contributed by atoms with E-state index in [1.807, 2.05) is 31.2 Å². The molecule has 22 heavy (non-hydrogen) atoms. The third-order valence-corrected chi connectivity index (χ3v) is 4.14. The summed E-state index contributed by atoms with van der Waals surface area (Å²) in [7, 11) is 0. The fourth-order valence-electron chi connectivity index (χ4n) is 2.96. The minimum absolute atomic E-state index is 0.00210. The first-order valence-corrected chi connectivity index (χ1v) is 7.33. The maximum atomic E-state index is 12.9. The minimum atomic E-state index is -4.15. The second-order valence-electron chi connectivity index (χ2n) is 5.80. The Kier molecular flexibility index (Phi) is 3.95. The first-order valence-electron chi connectivity index (χ1n) is 7.33. The Morgan fingerprint density at radius 3 is 2.82 bits per heavy atom. The molecule has 0 unspecified atom stereocenters. The topological polar surface area (TPSA) is 37.0 Å². The summed E-state index contributed by atoms with van der Waals surface area (Å²) in [5, 5.41) is 7.07. The lowest BCUT2D eigenvalue weighted by Crippen LogP contribution is -2.47. The van der Waals surface area contributed by atoms with Gasteiger partial charge in [0.15, 0.2) is 0 Å². The quantitative estimate of drug-likeness (QED) is 0.891. The first kappa shape index (κ1) is 15.1. The number of pyridine rings is 1.